The number of hydrogen-bond acceptors (Lipinski definition) is 5. The first-order valence-electron chi connectivity index (χ1n) is 9.63. The summed E-state index contributed by atoms with van der Waals surface area (Å²) in [5.74, 6) is 0.916. The van der Waals surface area contributed by atoms with Gasteiger partial charge in [-0.25, -0.2) is 0 Å². The maximum Gasteiger partial charge on any atom is 0.230 e. The van der Waals surface area contributed by atoms with Crippen molar-refractivity contribution in [3.63, 3.8) is 0 Å². The number of hydrogen-bond donors (Lipinski definition) is 1. The monoisotopic (exact) mass is 347 g/mol. The first-order chi connectivity index (χ1) is 12.3. The lowest BCUT2D eigenvalue weighted by molar-refractivity contribution is -0.139. The van der Waals surface area contributed by atoms with Gasteiger partial charge in [0.2, 0.25) is 5.91 Å². The Labute approximate surface area is 149 Å². The maximum absolute atomic E-state index is 13.0. The average molecular weight is 347 g/mol. The van der Waals surface area contributed by atoms with Crippen molar-refractivity contribution in [2.24, 2.45) is 5.41 Å². The van der Waals surface area contributed by atoms with Crippen molar-refractivity contribution in [2.45, 2.75) is 38.3 Å². The van der Waals surface area contributed by atoms with Gasteiger partial charge in [0.15, 0.2) is 0 Å². The van der Waals surface area contributed by atoms with E-state index in [1.54, 1.807) is 6.26 Å². The molecule has 4 heterocycles. The van der Waals surface area contributed by atoms with E-state index in [-0.39, 0.29) is 12.0 Å². The Bertz CT molecular complexity index is 570. The molecule has 1 aromatic heterocycles. The van der Waals surface area contributed by atoms with Gasteiger partial charge >= 0.3 is 0 Å². The molecule has 0 bridgehead atoms. The van der Waals surface area contributed by atoms with Crippen molar-refractivity contribution in [1.29, 1.82) is 0 Å². The third-order valence-corrected chi connectivity index (χ3v) is 6.08. The van der Waals surface area contributed by atoms with Crippen LogP contribution in [0.15, 0.2) is 22.8 Å². The normalized spacial score (nSPS) is 30.5. The molecule has 1 N–H and O–H groups in total. The summed E-state index contributed by atoms with van der Waals surface area (Å²) in [6.07, 6.45) is 6.13. The number of nitrogens with one attached hydrogen (secondary N) is 1. The van der Waals surface area contributed by atoms with Crippen LogP contribution in [-0.2, 0) is 16.1 Å². The number of likely N-dealkylation sites (tertiary alicyclic amines) is 2. The summed E-state index contributed by atoms with van der Waals surface area (Å²) in [5, 5.41) is 3.08. The second-order valence-electron chi connectivity index (χ2n) is 7.64. The zero-order valence-corrected chi connectivity index (χ0v) is 14.9. The smallest absolute Gasteiger partial charge is 0.230 e. The highest BCUT2D eigenvalue weighted by Crippen LogP contribution is 2.41. The third-order valence-electron chi connectivity index (χ3n) is 6.08. The molecule has 138 valence electrons. The summed E-state index contributed by atoms with van der Waals surface area (Å²) in [6.45, 7) is 7.63. The lowest BCUT2D eigenvalue weighted by Crippen LogP contribution is -2.57. The Morgan fingerprint density at radius 1 is 1.24 bits per heavy atom. The van der Waals surface area contributed by atoms with Crippen molar-refractivity contribution in [1.82, 2.24) is 15.1 Å². The number of amides is 1. The molecule has 3 fully saturated rings. The van der Waals surface area contributed by atoms with E-state index in [0.717, 1.165) is 44.8 Å². The molecule has 3 saturated heterocycles. The molecule has 0 unspecified atom stereocenters. The largest absolute Gasteiger partial charge is 0.467 e. The fraction of sp³-hybridized carbons (Fsp3) is 0.737. The predicted octanol–water partition coefficient (Wildman–Crippen LogP) is 1.47. The van der Waals surface area contributed by atoms with Crippen molar-refractivity contribution >= 4 is 5.91 Å². The molecule has 1 amide bonds. The van der Waals surface area contributed by atoms with Gasteiger partial charge in [-0.2, -0.15) is 0 Å². The van der Waals surface area contributed by atoms with Crippen LogP contribution in [-0.4, -0.2) is 67.7 Å². The van der Waals surface area contributed by atoms with E-state index in [1.807, 2.05) is 12.1 Å². The molecule has 4 rings (SSSR count). The second kappa shape index (κ2) is 7.48. The Morgan fingerprint density at radius 3 is 2.88 bits per heavy atom. The standard InChI is InChI=1S/C19H29N3O3/c23-18(20-14-16-4-3-12-24-16)19-6-13-25-17(19)5-9-22(15-19)11-10-21-7-1-2-8-21/h3-4,12,17H,1-2,5-11,13-15H2,(H,20,23)/t17-,19-/m1/s1. The van der Waals surface area contributed by atoms with Crippen molar-refractivity contribution < 1.29 is 13.9 Å². The molecule has 6 heteroatoms. The van der Waals surface area contributed by atoms with Crippen LogP contribution in [0.4, 0.5) is 0 Å². The van der Waals surface area contributed by atoms with E-state index < -0.39 is 5.41 Å². The lowest BCUT2D eigenvalue weighted by atomic mass is 9.75. The van der Waals surface area contributed by atoms with Crippen LogP contribution < -0.4 is 5.32 Å². The molecule has 1 aromatic rings. The van der Waals surface area contributed by atoms with E-state index in [2.05, 4.69) is 15.1 Å². The molecule has 0 saturated carbocycles. The highest BCUT2D eigenvalue weighted by Gasteiger charge is 2.53. The minimum atomic E-state index is -0.393. The van der Waals surface area contributed by atoms with Crippen molar-refractivity contribution in [2.75, 3.05) is 45.9 Å². The highest BCUT2D eigenvalue weighted by atomic mass is 16.5. The fourth-order valence-electron chi connectivity index (χ4n) is 4.59. The topological polar surface area (TPSA) is 58.0 Å². The van der Waals surface area contributed by atoms with Crippen LogP contribution in [0, 0.1) is 5.41 Å². The van der Waals surface area contributed by atoms with Gasteiger partial charge < -0.3 is 24.3 Å². The fourth-order valence-corrected chi connectivity index (χ4v) is 4.59. The Hall–Kier alpha value is -1.37. The van der Waals surface area contributed by atoms with Gasteiger partial charge in [-0.05, 0) is 50.9 Å². The molecular formula is C19H29N3O3. The Balaban J connectivity index is 1.36. The van der Waals surface area contributed by atoms with Gasteiger partial charge in [0.25, 0.3) is 0 Å². The van der Waals surface area contributed by atoms with Crippen LogP contribution in [0.25, 0.3) is 0 Å². The predicted molar refractivity (Wildman–Crippen MR) is 94.1 cm³/mol. The minimum absolute atomic E-state index is 0.0622. The van der Waals surface area contributed by atoms with Crippen LogP contribution in [0.1, 0.15) is 31.4 Å². The first-order valence-corrected chi connectivity index (χ1v) is 9.63. The van der Waals surface area contributed by atoms with Crippen molar-refractivity contribution in [3.05, 3.63) is 24.2 Å². The SMILES string of the molecule is O=C(NCc1ccco1)[C@@]12CCO[C@@H]1CCN(CCN1CCCC1)C2. The van der Waals surface area contributed by atoms with E-state index >= 15 is 0 Å². The van der Waals surface area contributed by atoms with Gasteiger partial charge in [0.05, 0.1) is 24.3 Å². The molecule has 25 heavy (non-hydrogen) atoms. The van der Waals surface area contributed by atoms with Crippen LogP contribution >= 0.6 is 0 Å². The summed E-state index contributed by atoms with van der Waals surface area (Å²) < 4.78 is 11.3. The lowest BCUT2D eigenvalue weighted by Gasteiger charge is -2.42. The van der Waals surface area contributed by atoms with Gasteiger partial charge in [-0.3, -0.25) is 4.79 Å². The maximum atomic E-state index is 13.0. The summed E-state index contributed by atoms with van der Waals surface area (Å²) in [7, 11) is 0. The number of piperidine rings is 1. The molecular weight excluding hydrogens is 318 g/mol. The third kappa shape index (κ3) is 3.61. The van der Waals surface area contributed by atoms with Gasteiger partial charge in [-0.1, -0.05) is 0 Å². The van der Waals surface area contributed by atoms with Gasteiger partial charge in [0.1, 0.15) is 5.76 Å². The Kier molecular flexibility index (Phi) is 5.10. The number of carbonyl (C=O) groups excluding carboxylic acids is 1. The highest BCUT2D eigenvalue weighted by molar-refractivity contribution is 5.84. The van der Waals surface area contributed by atoms with Crippen molar-refractivity contribution in [3.8, 4) is 0 Å². The summed E-state index contributed by atoms with van der Waals surface area (Å²) in [6, 6.07) is 3.74. The van der Waals surface area contributed by atoms with Crippen LogP contribution in [0.3, 0.4) is 0 Å². The molecule has 2 atom stereocenters. The van der Waals surface area contributed by atoms with E-state index in [4.69, 9.17) is 9.15 Å². The number of rotatable bonds is 6. The van der Waals surface area contributed by atoms with E-state index in [9.17, 15) is 4.79 Å². The molecule has 0 aromatic carbocycles. The van der Waals surface area contributed by atoms with Gasteiger partial charge in [-0.15, -0.1) is 0 Å². The van der Waals surface area contributed by atoms with Crippen LogP contribution in [0.2, 0.25) is 0 Å². The number of furan rings is 1. The zero-order valence-electron chi connectivity index (χ0n) is 14.9. The van der Waals surface area contributed by atoms with E-state index in [1.165, 1.54) is 25.9 Å². The van der Waals surface area contributed by atoms with Gasteiger partial charge in [0, 0.05) is 32.8 Å². The zero-order chi connectivity index (χ0) is 17.1. The summed E-state index contributed by atoms with van der Waals surface area (Å²) in [5.41, 5.74) is -0.393. The minimum Gasteiger partial charge on any atom is -0.467 e. The second-order valence-corrected chi connectivity index (χ2v) is 7.64. The Morgan fingerprint density at radius 2 is 2.08 bits per heavy atom. The number of ether oxygens (including phenoxy) is 1. The van der Waals surface area contributed by atoms with E-state index in [0.29, 0.717) is 13.2 Å². The molecule has 0 aliphatic carbocycles. The molecule has 0 spiro atoms. The first kappa shape index (κ1) is 17.1. The molecule has 6 nitrogen and oxygen atoms in total. The number of nitrogens with zero attached hydrogens (tertiary/aromatic N) is 2. The van der Waals surface area contributed by atoms with Crippen LogP contribution in [0.5, 0.6) is 0 Å². The summed E-state index contributed by atoms with van der Waals surface area (Å²) >= 11 is 0. The number of carbonyl (C=O) groups is 1. The number of fused-ring (bicyclic) bond motifs is 1. The molecule has 3 aliphatic heterocycles. The summed E-state index contributed by atoms with van der Waals surface area (Å²) in [4.78, 5) is 18.0. The molecule has 0 radical (unpaired) electrons. The average Bonchev–Trinajstić information content (AvgIpc) is 3.39. The molecule has 3 aliphatic rings. The quantitative estimate of drug-likeness (QED) is 0.845.